The van der Waals surface area contributed by atoms with Crippen LogP contribution in [0.25, 0.3) is 17.1 Å². The standard InChI is InChI=1S/C23H14BrClFN3O3/c24-16-5-1-14(2-6-16)20(30)13-32-23(31)21-27-22(15-3-7-17(25)8-4-15)29(28-21)19-11-9-18(26)10-12-19/h1-12H,13H2. The summed E-state index contributed by atoms with van der Waals surface area (Å²) in [6.07, 6.45) is 0. The number of ketones is 1. The van der Waals surface area contributed by atoms with Crippen LogP contribution in [0.4, 0.5) is 4.39 Å². The molecule has 160 valence electrons. The zero-order chi connectivity index (χ0) is 22.7. The van der Waals surface area contributed by atoms with E-state index in [0.717, 1.165) is 4.47 Å². The zero-order valence-electron chi connectivity index (χ0n) is 16.3. The molecule has 9 heteroatoms. The molecule has 0 atom stereocenters. The third-order valence-electron chi connectivity index (χ3n) is 4.46. The average molecular weight is 515 g/mol. The molecule has 0 saturated heterocycles. The predicted octanol–water partition coefficient (Wildman–Crippen LogP) is 5.53. The summed E-state index contributed by atoms with van der Waals surface area (Å²) in [4.78, 5) is 29.1. The largest absolute Gasteiger partial charge is 0.451 e. The number of hydrogen-bond acceptors (Lipinski definition) is 5. The van der Waals surface area contributed by atoms with Gasteiger partial charge in [0.1, 0.15) is 5.82 Å². The minimum Gasteiger partial charge on any atom is -0.451 e. The van der Waals surface area contributed by atoms with Gasteiger partial charge in [0.25, 0.3) is 5.82 Å². The second-order valence-electron chi connectivity index (χ2n) is 6.66. The van der Waals surface area contributed by atoms with Gasteiger partial charge < -0.3 is 4.74 Å². The van der Waals surface area contributed by atoms with E-state index in [1.54, 1.807) is 48.5 Å². The highest BCUT2D eigenvalue weighted by molar-refractivity contribution is 9.10. The average Bonchev–Trinajstić information content (AvgIpc) is 3.24. The molecule has 6 nitrogen and oxygen atoms in total. The van der Waals surface area contributed by atoms with E-state index in [9.17, 15) is 14.0 Å². The van der Waals surface area contributed by atoms with E-state index in [1.165, 1.54) is 28.9 Å². The van der Waals surface area contributed by atoms with E-state index < -0.39 is 18.4 Å². The Balaban J connectivity index is 1.60. The molecule has 0 N–H and O–H groups in total. The smallest absolute Gasteiger partial charge is 0.378 e. The van der Waals surface area contributed by atoms with Crippen LogP contribution in [0.1, 0.15) is 21.0 Å². The van der Waals surface area contributed by atoms with Crippen LogP contribution in [0, 0.1) is 5.82 Å². The molecule has 1 heterocycles. The van der Waals surface area contributed by atoms with Crippen LogP contribution in [0.2, 0.25) is 5.02 Å². The van der Waals surface area contributed by atoms with Crippen molar-refractivity contribution in [1.29, 1.82) is 0 Å². The molecule has 0 fully saturated rings. The van der Waals surface area contributed by atoms with E-state index in [4.69, 9.17) is 16.3 Å². The van der Waals surface area contributed by atoms with E-state index in [2.05, 4.69) is 26.0 Å². The van der Waals surface area contributed by atoms with Crippen LogP contribution >= 0.6 is 27.5 Å². The van der Waals surface area contributed by atoms with Crippen molar-refractivity contribution in [1.82, 2.24) is 14.8 Å². The van der Waals surface area contributed by atoms with Crippen molar-refractivity contribution in [3.8, 4) is 17.1 Å². The fraction of sp³-hybridized carbons (Fsp3) is 0.0435. The Morgan fingerprint density at radius 1 is 0.969 bits per heavy atom. The van der Waals surface area contributed by atoms with Gasteiger partial charge in [0.2, 0.25) is 0 Å². The van der Waals surface area contributed by atoms with E-state index in [0.29, 0.717) is 27.7 Å². The van der Waals surface area contributed by atoms with Crippen LogP contribution in [-0.4, -0.2) is 33.1 Å². The molecule has 0 spiro atoms. The van der Waals surface area contributed by atoms with Crippen molar-refractivity contribution in [2.45, 2.75) is 0 Å². The molecule has 0 saturated carbocycles. The van der Waals surface area contributed by atoms with Crippen LogP contribution in [0.15, 0.2) is 77.3 Å². The van der Waals surface area contributed by atoms with Crippen molar-refractivity contribution in [2.75, 3.05) is 6.61 Å². The first-order valence-electron chi connectivity index (χ1n) is 9.35. The van der Waals surface area contributed by atoms with Gasteiger partial charge in [0, 0.05) is 20.6 Å². The molecule has 4 aromatic rings. The summed E-state index contributed by atoms with van der Waals surface area (Å²) in [5.74, 6) is -1.52. The van der Waals surface area contributed by atoms with Crippen molar-refractivity contribution >= 4 is 39.3 Å². The van der Waals surface area contributed by atoms with Gasteiger partial charge in [-0.3, -0.25) is 4.79 Å². The number of Topliss-reactive ketones (excluding diaryl/α,β-unsaturated/α-hetero) is 1. The SMILES string of the molecule is O=C(COC(=O)c1nc(-c2ccc(Cl)cc2)n(-c2ccc(F)cc2)n1)c1ccc(Br)cc1. The Hall–Kier alpha value is -3.36. The lowest BCUT2D eigenvalue weighted by Gasteiger charge is -2.06. The second-order valence-corrected chi connectivity index (χ2v) is 8.01. The number of halogens is 3. The summed E-state index contributed by atoms with van der Waals surface area (Å²) in [6.45, 7) is -0.457. The summed E-state index contributed by atoms with van der Waals surface area (Å²) in [7, 11) is 0. The molecule has 0 radical (unpaired) electrons. The molecule has 0 aliphatic rings. The monoisotopic (exact) mass is 513 g/mol. The van der Waals surface area contributed by atoms with Gasteiger partial charge in [0.05, 0.1) is 5.69 Å². The van der Waals surface area contributed by atoms with Gasteiger partial charge in [-0.2, -0.15) is 0 Å². The van der Waals surface area contributed by atoms with Crippen LogP contribution < -0.4 is 0 Å². The number of esters is 1. The molecule has 4 rings (SSSR count). The maximum Gasteiger partial charge on any atom is 0.378 e. The van der Waals surface area contributed by atoms with Gasteiger partial charge >= 0.3 is 5.97 Å². The molecule has 1 aromatic heterocycles. The Morgan fingerprint density at radius 2 is 1.62 bits per heavy atom. The number of carbonyl (C=O) groups is 2. The first-order chi connectivity index (χ1) is 15.4. The van der Waals surface area contributed by atoms with E-state index >= 15 is 0 Å². The maximum absolute atomic E-state index is 13.4. The lowest BCUT2D eigenvalue weighted by atomic mass is 10.1. The lowest BCUT2D eigenvalue weighted by Crippen LogP contribution is -2.15. The number of aromatic nitrogens is 3. The van der Waals surface area contributed by atoms with Gasteiger partial charge in [0.15, 0.2) is 18.2 Å². The number of carbonyl (C=O) groups excluding carboxylic acids is 2. The first kappa shape index (κ1) is 21.9. The van der Waals surface area contributed by atoms with Gasteiger partial charge in [-0.25, -0.2) is 18.9 Å². The fourth-order valence-electron chi connectivity index (χ4n) is 2.86. The van der Waals surface area contributed by atoms with Gasteiger partial charge in [-0.05, 0) is 60.7 Å². The molecule has 3 aromatic carbocycles. The number of ether oxygens (including phenoxy) is 1. The Kier molecular flexibility index (Phi) is 6.43. The first-order valence-corrected chi connectivity index (χ1v) is 10.5. The van der Waals surface area contributed by atoms with Gasteiger partial charge in [-0.15, -0.1) is 5.10 Å². The summed E-state index contributed by atoms with van der Waals surface area (Å²) in [5, 5.41) is 4.76. The van der Waals surface area contributed by atoms with Crippen molar-refractivity contribution in [3.05, 3.63) is 99.5 Å². The molecule has 0 amide bonds. The molecule has 0 unspecified atom stereocenters. The topological polar surface area (TPSA) is 74.1 Å². The molecule has 0 bridgehead atoms. The third-order valence-corrected chi connectivity index (χ3v) is 5.24. The maximum atomic E-state index is 13.4. The minimum atomic E-state index is -0.855. The summed E-state index contributed by atoms with van der Waals surface area (Å²) < 4.78 is 20.7. The quantitative estimate of drug-likeness (QED) is 0.250. The molecular formula is C23H14BrClFN3O3. The number of nitrogens with zero attached hydrogens (tertiary/aromatic N) is 3. The van der Waals surface area contributed by atoms with Crippen LogP contribution in [0.3, 0.4) is 0 Å². The Labute approximate surface area is 195 Å². The zero-order valence-corrected chi connectivity index (χ0v) is 18.7. The molecule has 0 aliphatic carbocycles. The lowest BCUT2D eigenvalue weighted by molar-refractivity contribution is 0.0462. The normalized spacial score (nSPS) is 10.7. The van der Waals surface area contributed by atoms with Crippen LogP contribution in [0.5, 0.6) is 0 Å². The highest BCUT2D eigenvalue weighted by Crippen LogP contribution is 2.23. The number of rotatable bonds is 6. The van der Waals surface area contributed by atoms with Crippen molar-refractivity contribution in [3.63, 3.8) is 0 Å². The van der Waals surface area contributed by atoms with E-state index in [-0.39, 0.29) is 11.6 Å². The number of hydrogen-bond donors (Lipinski definition) is 0. The predicted molar refractivity (Wildman–Crippen MR) is 121 cm³/mol. The van der Waals surface area contributed by atoms with E-state index in [1.807, 2.05) is 0 Å². The molecule has 32 heavy (non-hydrogen) atoms. The Morgan fingerprint density at radius 3 is 2.28 bits per heavy atom. The third kappa shape index (κ3) is 4.92. The highest BCUT2D eigenvalue weighted by atomic mass is 79.9. The summed E-state index contributed by atoms with van der Waals surface area (Å²) in [5.41, 5.74) is 1.54. The highest BCUT2D eigenvalue weighted by Gasteiger charge is 2.21. The van der Waals surface area contributed by atoms with Gasteiger partial charge in [-0.1, -0.05) is 39.7 Å². The Bertz CT molecular complexity index is 1210. The van der Waals surface area contributed by atoms with Crippen molar-refractivity contribution in [2.24, 2.45) is 0 Å². The fourth-order valence-corrected chi connectivity index (χ4v) is 3.25. The van der Waals surface area contributed by atoms with Crippen molar-refractivity contribution < 1.29 is 18.7 Å². The number of benzene rings is 3. The molecule has 0 aliphatic heterocycles. The summed E-state index contributed by atoms with van der Waals surface area (Å²) in [6, 6.07) is 19.1. The second kappa shape index (κ2) is 9.42. The van der Waals surface area contributed by atoms with Crippen LogP contribution in [-0.2, 0) is 4.74 Å². The summed E-state index contributed by atoms with van der Waals surface area (Å²) >= 11 is 9.26. The molecular weight excluding hydrogens is 501 g/mol. The minimum absolute atomic E-state index is 0.233.